The summed E-state index contributed by atoms with van der Waals surface area (Å²) in [5.41, 5.74) is 2.68. The Morgan fingerprint density at radius 3 is 3.06 bits per heavy atom. The van der Waals surface area contributed by atoms with Crippen LogP contribution >= 0.6 is 0 Å². The third-order valence-electron chi connectivity index (χ3n) is 3.36. The van der Waals surface area contributed by atoms with Gasteiger partial charge < -0.3 is 10.2 Å². The minimum absolute atomic E-state index is 0.307. The molecule has 0 bridgehead atoms. The van der Waals surface area contributed by atoms with Crippen LogP contribution in [0.15, 0.2) is 24.3 Å². The molecule has 1 aliphatic rings. The first-order valence-corrected chi connectivity index (χ1v) is 6.29. The number of piperazine rings is 1. The summed E-state index contributed by atoms with van der Waals surface area (Å²) in [4.78, 5) is 2.39. The summed E-state index contributed by atoms with van der Waals surface area (Å²) in [6.45, 7) is 5.08. The highest BCUT2D eigenvalue weighted by Crippen LogP contribution is 2.24. The zero-order valence-corrected chi connectivity index (χ0v) is 10.3. The Kier molecular flexibility index (Phi) is 4.00. The van der Waals surface area contributed by atoms with Crippen LogP contribution < -0.4 is 10.2 Å². The minimum atomic E-state index is 0.307. The molecule has 1 aliphatic heterocycles. The van der Waals surface area contributed by atoms with Gasteiger partial charge in [-0.05, 0) is 18.1 Å². The second-order valence-corrected chi connectivity index (χ2v) is 4.40. The molecule has 0 aromatic heterocycles. The number of benzene rings is 1. The molecule has 1 fully saturated rings. The molecule has 0 spiro atoms. The van der Waals surface area contributed by atoms with Crippen LogP contribution in [0.2, 0.25) is 0 Å². The fourth-order valence-corrected chi connectivity index (χ4v) is 2.46. The first-order chi connectivity index (χ1) is 8.36. The average molecular weight is 229 g/mol. The van der Waals surface area contributed by atoms with Crippen molar-refractivity contribution in [3.05, 3.63) is 29.8 Å². The SMILES string of the molecule is CCc1ccccc1N1CCNCC1CC#N. The Balaban J connectivity index is 2.26. The highest BCUT2D eigenvalue weighted by atomic mass is 15.2. The first kappa shape index (κ1) is 11.9. The van der Waals surface area contributed by atoms with Crippen LogP contribution in [-0.2, 0) is 6.42 Å². The Labute approximate surface area is 103 Å². The third kappa shape index (κ3) is 2.59. The van der Waals surface area contributed by atoms with E-state index in [4.69, 9.17) is 5.26 Å². The van der Waals surface area contributed by atoms with E-state index < -0.39 is 0 Å². The van der Waals surface area contributed by atoms with E-state index in [0.29, 0.717) is 12.5 Å². The topological polar surface area (TPSA) is 39.1 Å². The molecule has 1 aromatic carbocycles. The largest absolute Gasteiger partial charge is 0.365 e. The van der Waals surface area contributed by atoms with Gasteiger partial charge in [0.2, 0.25) is 0 Å². The van der Waals surface area contributed by atoms with Crippen LogP contribution in [0.25, 0.3) is 0 Å². The second-order valence-electron chi connectivity index (χ2n) is 4.40. The highest BCUT2D eigenvalue weighted by Gasteiger charge is 2.23. The number of hydrogen-bond acceptors (Lipinski definition) is 3. The summed E-state index contributed by atoms with van der Waals surface area (Å²) in [6.07, 6.45) is 1.63. The van der Waals surface area contributed by atoms with Crippen molar-refractivity contribution in [2.75, 3.05) is 24.5 Å². The van der Waals surface area contributed by atoms with Crippen molar-refractivity contribution in [3.63, 3.8) is 0 Å². The van der Waals surface area contributed by atoms with Crippen molar-refractivity contribution in [3.8, 4) is 6.07 Å². The number of nitriles is 1. The van der Waals surface area contributed by atoms with E-state index in [1.54, 1.807) is 0 Å². The molecule has 1 atom stereocenters. The summed E-state index contributed by atoms with van der Waals surface area (Å²) in [5, 5.41) is 12.3. The number of para-hydroxylation sites is 1. The summed E-state index contributed by atoms with van der Waals surface area (Å²) in [7, 11) is 0. The smallest absolute Gasteiger partial charge is 0.0643 e. The van der Waals surface area contributed by atoms with Gasteiger partial charge >= 0.3 is 0 Å². The zero-order valence-electron chi connectivity index (χ0n) is 10.3. The van der Waals surface area contributed by atoms with Crippen molar-refractivity contribution in [1.82, 2.24) is 5.32 Å². The van der Waals surface area contributed by atoms with E-state index in [-0.39, 0.29) is 0 Å². The van der Waals surface area contributed by atoms with E-state index >= 15 is 0 Å². The molecule has 3 nitrogen and oxygen atoms in total. The van der Waals surface area contributed by atoms with Crippen molar-refractivity contribution in [2.45, 2.75) is 25.8 Å². The van der Waals surface area contributed by atoms with Crippen LogP contribution in [0.1, 0.15) is 18.9 Å². The van der Waals surface area contributed by atoms with Crippen LogP contribution in [0.3, 0.4) is 0 Å². The van der Waals surface area contributed by atoms with Gasteiger partial charge in [0.05, 0.1) is 18.5 Å². The number of anilines is 1. The van der Waals surface area contributed by atoms with Crippen molar-refractivity contribution in [2.24, 2.45) is 0 Å². The molecule has 0 radical (unpaired) electrons. The lowest BCUT2D eigenvalue weighted by atomic mass is 10.0. The Bertz CT molecular complexity index is 408. The number of nitrogens with one attached hydrogen (secondary N) is 1. The Morgan fingerprint density at radius 2 is 2.29 bits per heavy atom. The third-order valence-corrected chi connectivity index (χ3v) is 3.36. The lowest BCUT2D eigenvalue weighted by molar-refractivity contribution is 0.480. The van der Waals surface area contributed by atoms with E-state index in [9.17, 15) is 0 Å². The molecule has 1 heterocycles. The molecule has 2 rings (SSSR count). The van der Waals surface area contributed by atoms with Crippen LogP contribution in [0, 0.1) is 11.3 Å². The maximum atomic E-state index is 8.91. The molecule has 1 saturated heterocycles. The number of rotatable bonds is 3. The number of hydrogen-bond donors (Lipinski definition) is 1. The summed E-state index contributed by atoms with van der Waals surface area (Å²) >= 11 is 0. The predicted molar refractivity (Wildman–Crippen MR) is 70.1 cm³/mol. The Hall–Kier alpha value is -1.53. The molecular weight excluding hydrogens is 210 g/mol. The summed E-state index contributed by atoms with van der Waals surface area (Å²) < 4.78 is 0. The van der Waals surface area contributed by atoms with Gasteiger partial charge in [-0.25, -0.2) is 0 Å². The monoisotopic (exact) mass is 229 g/mol. The van der Waals surface area contributed by atoms with Gasteiger partial charge in [0.25, 0.3) is 0 Å². The standard InChI is InChI=1S/C14H19N3/c1-2-12-5-3-4-6-14(12)17-10-9-16-11-13(17)7-8-15/h3-6,13,16H,2,7,9-11H2,1H3. The lowest BCUT2D eigenvalue weighted by Gasteiger charge is -2.38. The van der Waals surface area contributed by atoms with Gasteiger partial charge in [0.1, 0.15) is 0 Å². The second kappa shape index (κ2) is 5.70. The van der Waals surface area contributed by atoms with E-state index in [1.165, 1.54) is 11.3 Å². The van der Waals surface area contributed by atoms with Crippen molar-refractivity contribution in [1.29, 1.82) is 5.26 Å². The first-order valence-electron chi connectivity index (χ1n) is 6.29. The number of nitrogens with zero attached hydrogens (tertiary/aromatic N) is 2. The molecule has 3 heteroatoms. The molecule has 1 aromatic rings. The summed E-state index contributed by atoms with van der Waals surface area (Å²) in [5.74, 6) is 0. The van der Waals surface area contributed by atoms with Gasteiger partial charge in [0.15, 0.2) is 0 Å². The van der Waals surface area contributed by atoms with Crippen molar-refractivity contribution < 1.29 is 0 Å². The maximum absolute atomic E-state index is 8.91. The Morgan fingerprint density at radius 1 is 1.47 bits per heavy atom. The quantitative estimate of drug-likeness (QED) is 0.861. The van der Waals surface area contributed by atoms with Crippen molar-refractivity contribution >= 4 is 5.69 Å². The molecule has 1 N–H and O–H groups in total. The van der Waals surface area contributed by atoms with Gasteiger partial charge in [-0.15, -0.1) is 0 Å². The van der Waals surface area contributed by atoms with Gasteiger partial charge in [-0.3, -0.25) is 0 Å². The fourth-order valence-electron chi connectivity index (χ4n) is 2.46. The fraction of sp³-hybridized carbons (Fsp3) is 0.500. The van der Waals surface area contributed by atoms with E-state index in [0.717, 1.165) is 26.1 Å². The molecule has 0 amide bonds. The molecule has 0 aliphatic carbocycles. The predicted octanol–water partition coefficient (Wildman–Crippen LogP) is 1.94. The average Bonchev–Trinajstić information content (AvgIpc) is 2.40. The van der Waals surface area contributed by atoms with Crippen LogP contribution in [-0.4, -0.2) is 25.7 Å². The van der Waals surface area contributed by atoms with Gasteiger partial charge in [-0.2, -0.15) is 5.26 Å². The highest BCUT2D eigenvalue weighted by molar-refractivity contribution is 5.55. The summed E-state index contributed by atoms with van der Waals surface area (Å²) in [6, 6.07) is 11.1. The van der Waals surface area contributed by atoms with E-state index in [1.807, 2.05) is 0 Å². The maximum Gasteiger partial charge on any atom is 0.0643 e. The van der Waals surface area contributed by atoms with Crippen LogP contribution in [0.5, 0.6) is 0 Å². The molecule has 17 heavy (non-hydrogen) atoms. The molecule has 1 unspecified atom stereocenters. The lowest BCUT2D eigenvalue weighted by Crippen LogP contribution is -2.51. The van der Waals surface area contributed by atoms with Gasteiger partial charge in [0, 0.05) is 25.3 Å². The molecular formula is C14H19N3. The van der Waals surface area contributed by atoms with Crippen LogP contribution in [0.4, 0.5) is 5.69 Å². The molecule has 0 saturated carbocycles. The molecule has 90 valence electrons. The minimum Gasteiger partial charge on any atom is -0.365 e. The number of aryl methyl sites for hydroxylation is 1. The normalized spacial score (nSPS) is 20.0. The van der Waals surface area contributed by atoms with E-state index in [2.05, 4.69) is 47.5 Å². The zero-order chi connectivity index (χ0) is 12.1. The van der Waals surface area contributed by atoms with Gasteiger partial charge in [-0.1, -0.05) is 25.1 Å².